The summed E-state index contributed by atoms with van der Waals surface area (Å²) in [5.74, 6) is 0.888. The highest BCUT2D eigenvalue weighted by molar-refractivity contribution is 7.89. The van der Waals surface area contributed by atoms with Crippen molar-refractivity contribution in [2.75, 3.05) is 25.4 Å². The van der Waals surface area contributed by atoms with Gasteiger partial charge in [0.25, 0.3) is 0 Å². The molecule has 0 saturated carbocycles. The Morgan fingerprint density at radius 2 is 2.27 bits per heavy atom. The highest BCUT2D eigenvalue weighted by Crippen LogP contribution is 2.12. The van der Waals surface area contributed by atoms with Crippen LogP contribution in [0, 0.1) is 5.92 Å². The summed E-state index contributed by atoms with van der Waals surface area (Å²) in [6.45, 7) is 4.62. The van der Waals surface area contributed by atoms with Crippen molar-refractivity contribution in [3.8, 4) is 0 Å². The predicted molar refractivity (Wildman–Crippen MR) is 62.3 cm³/mol. The quantitative estimate of drug-likeness (QED) is 0.711. The summed E-state index contributed by atoms with van der Waals surface area (Å²) < 4.78 is 25.3. The minimum Gasteiger partial charge on any atom is -0.316 e. The Hall–Kier alpha value is -0.130. The third kappa shape index (κ3) is 5.49. The van der Waals surface area contributed by atoms with Crippen LogP contribution in [0.2, 0.25) is 0 Å². The minimum atomic E-state index is -3.00. The van der Waals surface area contributed by atoms with Crippen molar-refractivity contribution in [1.29, 1.82) is 0 Å². The summed E-state index contributed by atoms with van der Waals surface area (Å²) in [5, 5.41) is 3.33. The maximum Gasteiger partial charge on any atom is 0.211 e. The zero-order valence-electron chi connectivity index (χ0n) is 9.46. The van der Waals surface area contributed by atoms with Crippen LogP contribution in [-0.2, 0) is 10.0 Å². The third-order valence-electron chi connectivity index (χ3n) is 2.75. The van der Waals surface area contributed by atoms with Gasteiger partial charge in [-0.2, -0.15) is 0 Å². The van der Waals surface area contributed by atoms with Gasteiger partial charge in [0.2, 0.25) is 10.0 Å². The molecular formula is C10H22N2O2S. The van der Waals surface area contributed by atoms with E-state index in [4.69, 9.17) is 0 Å². The zero-order valence-corrected chi connectivity index (χ0v) is 10.3. The summed E-state index contributed by atoms with van der Waals surface area (Å²) in [6.07, 6.45) is 4.07. The second-order valence-electron chi connectivity index (χ2n) is 4.21. The van der Waals surface area contributed by atoms with Gasteiger partial charge in [-0.25, -0.2) is 13.1 Å². The first-order valence-electron chi connectivity index (χ1n) is 5.82. The van der Waals surface area contributed by atoms with Crippen molar-refractivity contribution in [1.82, 2.24) is 10.0 Å². The first kappa shape index (κ1) is 12.9. The zero-order chi connectivity index (χ0) is 11.1. The van der Waals surface area contributed by atoms with E-state index in [9.17, 15) is 8.42 Å². The lowest BCUT2D eigenvalue weighted by atomic mass is 9.96. The standard InChI is InChI=1S/C10H22N2O2S/c1-2-8-15(13,14)12-7-5-10-4-3-6-11-9-10/h10-12H,2-9H2,1H3. The molecule has 1 fully saturated rings. The monoisotopic (exact) mass is 234 g/mol. The van der Waals surface area contributed by atoms with E-state index in [0.717, 1.165) is 19.5 Å². The highest BCUT2D eigenvalue weighted by atomic mass is 32.2. The van der Waals surface area contributed by atoms with Crippen LogP contribution in [0.1, 0.15) is 32.6 Å². The van der Waals surface area contributed by atoms with Gasteiger partial charge in [0.05, 0.1) is 5.75 Å². The number of rotatable bonds is 6. The fourth-order valence-corrected chi connectivity index (χ4v) is 3.04. The van der Waals surface area contributed by atoms with Crippen molar-refractivity contribution in [3.63, 3.8) is 0 Å². The van der Waals surface area contributed by atoms with Gasteiger partial charge in [-0.3, -0.25) is 0 Å². The lowest BCUT2D eigenvalue weighted by molar-refractivity contribution is 0.358. The van der Waals surface area contributed by atoms with Crippen LogP contribution in [0.25, 0.3) is 0 Å². The van der Waals surface area contributed by atoms with Gasteiger partial charge in [-0.1, -0.05) is 6.92 Å². The van der Waals surface area contributed by atoms with Crippen molar-refractivity contribution in [2.45, 2.75) is 32.6 Å². The molecule has 1 aliphatic heterocycles. The number of piperidine rings is 1. The van der Waals surface area contributed by atoms with Crippen LogP contribution in [0.4, 0.5) is 0 Å². The summed E-state index contributed by atoms with van der Waals surface area (Å²) in [7, 11) is -3.00. The van der Waals surface area contributed by atoms with E-state index < -0.39 is 10.0 Å². The van der Waals surface area contributed by atoms with Crippen molar-refractivity contribution in [3.05, 3.63) is 0 Å². The van der Waals surface area contributed by atoms with Crippen LogP contribution in [0.5, 0.6) is 0 Å². The first-order valence-corrected chi connectivity index (χ1v) is 7.47. The van der Waals surface area contributed by atoms with Gasteiger partial charge in [-0.15, -0.1) is 0 Å². The number of hydrogen-bond donors (Lipinski definition) is 2. The fraction of sp³-hybridized carbons (Fsp3) is 1.00. The lowest BCUT2D eigenvalue weighted by Gasteiger charge is -2.22. The molecule has 1 atom stereocenters. The maximum atomic E-state index is 11.3. The number of sulfonamides is 1. The largest absolute Gasteiger partial charge is 0.316 e. The molecule has 1 unspecified atom stereocenters. The molecular weight excluding hydrogens is 212 g/mol. The van der Waals surface area contributed by atoms with E-state index in [0.29, 0.717) is 18.9 Å². The Kier molecular flexibility index (Phi) is 5.56. The summed E-state index contributed by atoms with van der Waals surface area (Å²) in [4.78, 5) is 0. The van der Waals surface area contributed by atoms with E-state index >= 15 is 0 Å². The molecule has 1 rings (SSSR count). The molecule has 0 aromatic carbocycles. The Labute approximate surface area is 92.9 Å². The summed E-state index contributed by atoms with van der Waals surface area (Å²) in [5.41, 5.74) is 0. The predicted octanol–water partition coefficient (Wildman–Crippen LogP) is 0.706. The molecule has 15 heavy (non-hydrogen) atoms. The Balaban J connectivity index is 2.14. The van der Waals surface area contributed by atoms with Crippen molar-refractivity contribution in [2.24, 2.45) is 5.92 Å². The van der Waals surface area contributed by atoms with E-state index in [1.807, 2.05) is 6.92 Å². The van der Waals surface area contributed by atoms with Gasteiger partial charge in [0, 0.05) is 6.54 Å². The molecule has 0 aromatic rings. The molecule has 0 spiro atoms. The highest BCUT2D eigenvalue weighted by Gasteiger charge is 2.14. The average molecular weight is 234 g/mol. The van der Waals surface area contributed by atoms with E-state index in [1.165, 1.54) is 12.8 Å². The van der Waals surface area contributed by atoms with E-state index in [1.54, 1.807) is 0 Å². The molecule has 90 valence electrons. The molecule has 0 aliphatic carbocycles. The first-order chi connectivity index (χ1) is 7.14. The second-order valence-corrected chi connectivity index (χ2v) is 6.14. The maximum absolute atomic E-state index is 11.3. The van der Waals surface area contributed by atoms with E-state index in [2.05, 4.69) is 10.0 Å². The van der Waals surface area contributed by atoms with Gasteiger partial charge < -0.3 is 5.32 Å². The third-order valence-corrected chi connectivity index (χ3v) is 4.34. The number of hydrogen-bond acceptors (Lipinski definition) is 3. The van der Waals surface area contributed by atoms with Crippen LogP contribution >= 0.6 is 0 Å². The Morgan fingerprint density at radius 3 is 2.87 bits per heavy atom. The molecule has 1 saturated heterocycles. The minimum absolute atomic E-state index is 0.246. The van der Waals surface area contributed by atoms with Crippen LogP contribution in [0.15, 0.2) is 0 Å². The summed E-state index contributed by atoms with van der Waals surface area (Å²) in [6, 6.07) is 0. The molecule has 0 aromatic heterocycles. The SMILES string of the molecule is CCCS(=O)(=O)NCCC1CCCNC1. The smallest absolute Gasteiger partial charge is 0.211 e. The van der Waals surface area contributed by atoms with Crippen LogP contribution < -0.4 is 10.0 Å². The van der Waals surface area contributed by atoms with Gasteiger partial charge in [0.1, 0.15) is 0 Å². The molecule has 0 bridgehead atoms. The molecule has 1 aliphatic rings. The topological polar surface area (TPSA) is 58.2 Å². The molecule has 4 nitrogen and oxygen atoms in total. The van der Waals surface area contributed by atoms with Crippen LogP contribution in [0.3, 0.4) is 0 Å². The van der Waals surface area contributed by atoms with Gasteiger partial charge in [-0.05, 0) is 44.7 Å². The van der Waals surface area contributed by atoms with Crippen molar-refractivity contribution >= 4 is 10.0 Å². The molecule has 5 heteroatoms. The molecule has 0 radical (unpaired) electrons. The second kappa shape index (κ2) is 6.45. The normalized spacial score (nSPS) is 22.9. The molecule has 2 N–H and O–H groups in total. The number of nitrogens with one attached hydrogen (secondary N) is 2. The lowest BCUT2D eigenvalue weighted by Crippen LogP contribution is -2.33. The van der Waals surface area contributed by atoms with Gasteiger partial charge in [0.15, 0.2) is 0 Å². The van der Waals surface area contributed by atoms with E-state index in [-0.39, 0.29) is 5.75 Å². The van der Waals surface area contributed by atoms with Crippen molar-refractivity contribution < 1.29 is 8.42 Å². The van der Waals surface area contributed by atoms with Gasteiger partial charge >= 0.3 is 0 Å². The fourth-order valence-electron chi connectivity index (χ4n) is 1.93. The molecule has 1 heterocycles. The average Bonchev–Trinajstić information content (AvgIpc) is 2.19. The Bertz CT molecular complexity index is 259. The summed E-state index contributed by atoms with van der Waals surface area (Å²) >= 11 is 0. The Morgan fingerprint density at radius 1 is 1.47 bits per heavy atom. The van der Waals surface area contributed by atoms with Crippen LogP contribution in [-0.4, -0.2) is 33.8 Å². The molecule has 0 amide bonds.